The van der Waals surface area contributed by atoms with Gasteiger partial charge in [0.1, 0.15) is 0 Å². The van der Waals surface area contributed by atoms with Crippen molar-refractivity contribution in [3.63, 3.8) is 0 Å². The second-order valence-electron chi connectivity index (χ2n) is 7.33. The fraction of sp³-hybridized carbons (Fsp3) is 1.00. The number of hydrogen-bond acceptors (Lipinski definition) is 0. The van der Waals surface area contributed by atoms with E-state index in [-0.39, 0.29) is 0 Å². The molecule has 0 aliphatic heterocycles. The van der Waals surface area contributed by atoms with Crippen LogP contribution in [0.5, 0.6) is 0 Å². The van der Waals surface area contributed by atoms with Crippen molar-refractivity contribution < 1.29 is 10.2 Å². The molecule has 2 aliphatic carbocycles. The largest absolute Gasteiger partial charge is 0.343 e. The minimum absolute atomic E-state index is 0.487. The maximum atomic E-state index is 2.67. The molecule has 0 aromatic rings. The van der Waals surface area contributed by atoms with Crippen LogP contribution < -0.4 is 10.2 Å². The molecule has 2 aliphatic rings. The number of rotatable bonds is 5. The lowest BCUT2D eigenvalue weighted by atomic mass is 9.90. The number of nitrogens with one attached hydrogen (secondary N) is 1. The summed E-state index contributed by atoms with van der Waals surface area (Å²) in [5.41, 5.74) is 0.487. The van der Waals surface area contributed by atoms with Gasteiger partial charge in [0.05, 0.1) is 38.6 Å². The molecular weight excluding hydrogens is 196 g/mol. The first kappa shape index (κ1) is 12.4. The second-order valence-corrected chi connectivity index (χ2v) is 7.33. The van der Waals surface area contributed by atoms with E-state index in [9.17, 15) is 0 Å². The lowest BCUT2D eigenvalue weighted by molar-refractivity contribution is -0.869. The Bertz CT molecular complexity index is 235. The van der Waals surface area contributed by atoms with E-state index in [1.165, 1.54) is 32.4 Å². The van der Waals surface area contributed by atoms with Gasteiger partial charge in [-0.15, -0.1) is 0 Å². The first-order valence-electron chi connectivity index (χ1n) is 7.09. The molecule has 0 heterocycles. The number of hydrogen-bond donors (Lipinski definition) is 2. The van der Waals surface area contributed by atoms with Gasteiger partial charge in [0, 0.05) is 12.3 Å². The molecule has 0 saturated heterocycles. The minimum atomic E-state index is 0.487. The average molecular weight is 226 g/mol. The molecule has 2 bridgehead atoms. The Hall–Kier alpha value is -0.0800. The Morgan fingerprint density at radius 3 is 2.44 bits per heavy atom. The normalized spacial score (nSPS) is 33.9. The maximum Gasteiger partial charge on any atom is 0.0890 e. The quantitative estimate of drug-likeness (QED) is 0.654. The molecule has 3 atom stereocenters. The summed E-state index contributed by atoms with van der Waals surface area (Å²) in [7, 11) is 4.53. The zero-order valence-electron chi connectivity index (χ0n) is 11.6. The molecule has 0 aromatic heterocycles. The summed E-state index contributed by atoms with van der Waals surface area (Å²) in [6.45, 7) is 7.43. The summed E-state index contributed by atoms with van der Waals surface area (Å²) in [5, 5.41) is 2.67. The van der Waals surface area contributed by atoms with Crippen LogP contribution in [0.1, 0.15) is 39.5 Å². The van der Waals surface area contributed by atoms with Crippen LogP contribution >= 0.6 is 0 Å². The van der Waals surface area contributed by atoms with Crippen LogP contribution in [-0.2, 0) is 0 Å². The van der Waals surface area contributed by atoms with Crippen molar-refractivity contribution in [1.82, 2.24) is 0 Å². The highest BCUT2D eigenvalue weighted by molar-refractivity contribution is 4.89. The van der Waals surface area contributed by atoms with Gasteiger partial charge in [0.15, 0.2) is 0 Å². The molecular formula is C14H30N2+2. The summed E-state index contributed by atoms with van der Waals surface area (Å²) in [6, 6.07) is 0.968. The molecule has 16 heavy (non-hydrogen) atoms. The molecule has 3 N–H and O–H groups in total. The molecule has 2 fully saturated rings. The minimum Gasteiger partial charge on any atom is -0.343 e. The smallest absolute Gasteiger partial charge is 0.0890 e. The van der Waals surface area contributed by atoms with Crippen molar-refractivity contribution in [3.05, 3.63) is 0 Å². The molecule has 0 aromatic carbocycles. The van der Waals surface area contributed by atoms with Crippen LogP contribution in [0.3, 0.4) is 0 Å². The van der Waals surface area contributed by atoms with E-state index in [0.717, 1.165) is 17.9 Å². The highest BCUT2D eigenvalue weighted by Crippen LogP contribution is 2.43. The standard InChI is InChI=1S/C14H28N2/c1-14(2,10-16(3)4)9-15-13-8-11-5-6-12(13)7-11/h11-13,15H,5-10H2,1-4H3/p+2/t11-,12+,13+/m1/s1. The lowest BCUT2D eigenvalue weighted by Gasteiger charge is -2.28. The SMILES string of the molecule is C[NH+](C)CC(C)(C)C[NH2+][C@H]1C[C@@H]2CC[C@H]1C2. The second kappa shape index (κ2) is 4.66. The van der Waals surface area contributed by atoms with Crippen molar-refractivity contribution in [3.8, 4) is 0 Å². The predicted octanol–water partition coefficient (Wildman–Crippen LogP) is -0.0909. The molecule has 2 saturated carbocycles. The van der Waals surface area contributed by atoms with Crippen molar-refractivity contribution in [2.75, 3.05) is 27.2 Å². The Morgan fingerprint density at radius 2 is 1.94 bits per heavy atom. The highest BCUT2D eigenvalue weighted by atomic mass is 15.1. The van der Waals surface area contributed by atoms with E-state index in [1.807, 2.05) is 0 Å². The van der Waals surface area contributed by atoms with Crippen molar-refractivity contribution in [2.45, 2.75) is 45.6 Å². The molecule has 94 valence electrons. The predicted molar refractivity (Wildman–Crippen MR) is 67.5 cm³/mol. The molecule has 2 nitrogen and oxygen atoms in total. The van der Waals surface area contributed by atoms with Crippen LogP contribution in [0, 0.1) is 17.3 Å². The van der Waals surface area contributed by atoms with E-state index in [0.29, 0.717) is 5.41 Å². The van der Waals surface area contributed by atoms with Gasteiger partial charge >= 0.3 is 0 Å². The zero-order valence-corrected chi connectivity index (χ0v) is 11.6. The number of nitrogens with two attached hydrogens (primary N) is 1. The van der Waals surface area contributed by atoms with Crippen LogP contribution in [0.25, 0.3) is 0 Å². The number of quaternary nitrogens is 2. The Morgan fingerprint density at radius 1 is 1.19 bits per heavy atom. The maximum absolute atomic E-state index is 2.67. The van der Waals surface area contributed by atoms with Crippen molar-refractivity contribution in [2.24, 2.45) is 17.3 Å². The van der Waals surface area contributed by atoms with Crippen LogP contribution in [-0.4, -0.2) is 33.2 Å². The van der Waals surface area contributed by atoms with Gasteiger partial charge in [-0.1, -0.05) is 0 Å². The molecule has 2 rings (SSSR count). The highest BCUT2D eigenvalue weighted by Gasteiger charge is 2.42. The number of fused-ring (bicyclic) bond motifs is 2. The van der Waals surface area contributed by atoms with E-state index in [4.69, 9.17) is 0 Å². The fourth-order valence-corrected chi connectivity index (χ4v) is 4.08. The Balaban J connectivity index is 1.74. The molecule has 0 unspecified atom stereocenters. The third kappa shape index (κ3) is 2.98. The van der Waals surface area contributed by atoms with Gasteiger partial charge in [0.25, 0.3) is 0 Å². The van der Waals surface area contributed by atoms with Gasteiger partial charge in [-0.05, 0) is 39.0 Å². The topological polar surface area (TPSA) is 21.1 Å². The van der Waals surface area contributed by atoms with E-state index in [2.05, 4.69) is 33.3 Å². The van der Waals surface area contributed by atoms with Gasteiger partial charge in [0.2, 0.25) is 0 Å². The molecule has 0 spiro atoms. The molecule has 2 heteroatoms. The van der Waals surface area contributed by atoms with E-state index < -0.39 is 0 Å². The lowest BCUT2D eigenvalue weighted by Crippen LogP contribution is -3.08. The monoisotopic (exact) mass is 226 g/mol. The van der Waals surface area contributed by atoms with Crippen molar-refractivity contribution in [1.29, 1.82) is 0 Å². The molecule has 0 amide bonds. The summed E-state index contributed by atoms with van der Waals surface area (Å²) >= 11 is 0. The summed E-state index contributed by atoms with van der Waals surface area (Å²) in [4.78, 5) is 1.58. The van der Waals surface area contributed by atoms with Crippen molar-refractivity contribution >= 4 is 0 Å². The third-order valence-corrected chi connectivity index (χ3v) is 4.60. The van der Waals surface area contributed by atoms with Gasteiger partial charge in [-0.2, -0.15) is 0 Å². The summed E-state index contributed by atoms with van der Waals surface area (Å²) < 4.78 is 0. The van der Waals surface area contributed by atoms with Crippen LogP contribution in [0.15, 0.2) is 0 Å². The van der Waals surface area contributed by atoms with Crippen LogP contribution in [0.2, 0.25) is 0 Å². The first-order valence-corrected chi connectivity index (χ1v) is 7.09. The first-order chi connectivity index (χ1) is 7.46. The van der Waals surface area contributed by atoms with Gasteiger partial charge < -0.3 is 10.2 Å². The Labute approximate surface area is 101 Å². The van der Waals surface area contributed by atoms with Gasteiger partial charge in [-0.3, -0.25) is 0 Å². The Kier molecular flexibility index (Phi) is 3.60. The summed E-state index contributed by atoms with van der Waals surface area (Å²) in [6.07, 6.45) is 6.10. The zero-order chi connectivity index (χ0) is 11.8. The van der Waals surface area contributed by atoms with E-state index >= 15 is 0 Å². The van der Waals surface area contributed by atoms with Crippen LogP contribution in [0.4, 0.5) is 0 Å². The van der Waals surface area contributed by atoms with E-state index in [1.54, 1.807) is 11.3 Å². The van der Waals surface area contributed by atoms with Gasteiger partial charge in [-0.25, -0.2) is 0 Å². The average Bonchev–Trinajstić information content (AvgIpc) is 2.73. The molecule has 0 radical (unpaired) electrons. The third-order valence-electron chi connectivity index (χ3n) is 4.60. The summed E-state index contributed by atoms with van der Waals surface area (Å²) in [5.74, 6) is 2.15. The fourth-order valence-electron chi connectivity index (χ4n) is 4.08.